The van der Waals surface area contributed by atoms with Crippen LogP contribution < -0.4 is 20.1 Å². The van der Waals surface area contributed by atoms with Crippen LogP contribution in [0.4, 0.5) is 19.3 Å². The first-order valence-electron chi connectivity index (χ1n) is 11.8. The molecule has 0 aromatic heterocycles. The molecular weight excluding hydrogens is 440 g/mol. The van der Waals surface area contributed by atoms with Crippen molar-refractivity contribution in [3.05, 3.63) is 53.6 Å². The van der Waals surface area contributed by atoms with Gasteiger partial charge < -0.3 is 20.1 Å². The first kappa shape index (κ1) is 24.3. The first-order valence-corrected chi connectivity index (χ1v) is 11.8. The number of fused-ring (bicyclic) bond motifs is 1. The number of hydrogen-bond acceptors (Lipinski definition) is 4. The van der Waals surface area contributed by atoms with Gasteiger partial charge in [-0.3, -0.25) is 4.90 Å². The van der Waals surface area contributed by atoms with E-state index in [1.165, 1.54) is 11.6 Å². The minimum Gasteiger partial charge on any atom is -0.493 e. The Hall–Kier alpha value is -2.87. The van der Waals surface area contributed by atoms with Crippen LogP contribution in [0.2, 0.25) is 0 Å². The van der Waals surface area contributed by atoms with Gasteiger partial charge in [0.25, 0.3) is 0 Å². The lowest BCUT2D eigenvalue weighted by Gasteiger charge is -2.46. The van der Waals surface area contributed by atoms with Gasteiger partial charge in [0.05, 0.1) is 14.2 Å². The SMILES string of the molecule is COc1ccc([C@@]23CC[C@@H](NC(=O)Nc4ccc(F)c(F)c4)C[C@@H]2N(C(C)C)CC3)cc1OC. The number of methoxy groups -OCH3 is 2. The maximum Gasteiger partial charge on any atom is 0.319 e. The molecule has 3 atom stereocenters. The second kappa shape index (κ2) is 9.78. The minimum atomic E-state index is -0.992. The third-order valence-electron chi connectivity index (χ3n) is 7.44. The van der Waals surface area contributed by atoms with Crippen LogP contribution in [0.1, 0.15) is 45.1 Å². The Kier molecular flexibility index (Phi) is 6.98. The standard InChI is InChI=1S/C26H33F2N3O3/c1-16(2)31-12-11-26(17-5-8-22(33-3)23(13-17)34-4)10-9-19(15-24(26)31)30-25(32)29-18-6-7-20(27)21(28)14-18/h5-8,13-14,16,19,24H,9-12,15H2,1-4H3,(H2,29,30,32)/t19-,24+,26+/m1/s1. The molecule has 1 aliphatic carbocycles. The number of halogens is 2. The number of carbonyl (C=O) groups excluding carboxylic acids is 1. The summed E-state index contributed by atoms with van der Waals surface area (Å²) >= 11 is 0. The molecule has 8 heteroatoms. The number of nitrogens with zero attached hydrogens (tertiary/aromatic N) is 1. The van der Waals surface area contributed by atoms with E-state index < -0.39 is 17.7 Å². The molecule has 1 saturated heterocycles. The lowest BCUT2D eigenvalue weighted by atomic mass is 9.65. The summed E-state index contributed by atoms with van der Waals surface area (Å²) in [7, 11) is 3.29. The van der Waals surface area contributed by atoms with Crippen LogP contribution in [-0.4, -0.2) is 49.8 Å². The van der Waals surface area contributed by atoms with Crippen molar-refractivity contribution >= 4 is 11.7 Å². The third-order valence-corrected chi connectivity index (χ3v) is 7.44. The summed E-state index contributed by atoms with van der Waals surface area (Å²) in [6, 6.07) is 9.73. The summed E-state index contributed by atoms with van der Waals surface area (Å²) in [6.07, 6.45) is 3.59. The lowest BCUT2D eigenvalue weighted by Crippen LogP contribution is -2.54. The van der Waals surface area contributed by atoms with Crippen LogP contribution in [-0.2, 0) is 5.41 Å². The van der Waals surface area contributed by atoms with E-state index in [1.807, 2.05) is 6.07 Å². The van der Waals surface area contributed by atoms with Crippen LogP contribution in [0, 0.1) is 11.6 Å². The average molecular weight is 474 g/mol. The molecule has 6 nitrogen and oxygen atoms in total. The van der Waals surface area contributed by atoms with Crippen molar-refractivity contribution in [3.8, 4) is 11.5 Å². The quantitative estimate of drug-likeness (QED) is 0.615. The van der Waals surface area contributed by atoms with Gasteiger partial charge in [0, 0.05) is 35.3 Å². The molecular formula is C26H33F2N3O3. The van der Waals surface area contributed by atoms with Crippen molar-refractivity contribution in [2.75, 3.05) is 26.1 Å². The van der Waals surface area contributed by atoms with Crippen molar-refractivity contribution in [1.29, 1.82) is 0 Å². The molecule has 2 aromatic carbocycles. The largest absolute Gasteiger partial charge is 0.493 e. The smallest absolute Gasteiger partial charge is 0.319 e. The van der Waals surface area contributed by atoms with Gasteiger partial charge in [-0.1, -0.05) is 6.07 Å². The fraction of sp³-hybridized carbons (Fsp3) is 0.500. The van der Waals surface area contributed by atoms with Crippen molar-refractivity contribution in [1.82, 2.24) is 10.2 Å². The fourth-order valence-corrected chi connectivity index (χ4v) is 5.74. The number of urea groups is 1. The van der Waals surface area contributed by atoms with Gasteiger partial charge in [-0.25, -0.2) is 13.6 Å². The van der Waals surface area contributed by atoms with Crippen LogP contribution in [0.25, 0.3) is 0 Å². The topological polar surface area (TPSA) is 62.8 Å². The van der Waals surface area contributed by atoms with Gasteiger partial charge in [-0.15, -0.1) is 0 Å². The van der Waals surface area contributed by atoms with E-state index >= 15 is 0 Å². The van der Waals surface area contributed by atoms with E-state index in [0.29, 0.717) is 11.8 Å². The van der Waals surface area contributed by atoms with E-state index in [0.717, 1.165) is 50.1 Å². The molecule has 0 radical (unpaired) electrons. The van der Waals surface area contributed by atoms with E-state index in [-0.39, 0.29) is 23.2 Å². The normalized spacial score (nSPS) is 24.6. The van der Waals surface area contributed by atoms with Crippen LogP contribution >= 0.6 is 0 Å². The highest BCUT2D eigenvalue weighted by Gasteiger charge is 2.52. The number of rotatable bonds is 6. The van der Waals surface area contributed by atoms with E-state index in [4.69, 9.17) is 9.47 Å². The monoisotopic (exact) mass is 473 g/mol. The molecule has 34 heavy (non-hydrogen) atoms. The van der Waals surface area contributed by atoms with E-state index in [9.17, 15) is 13.6 Å². The van der Waals surface area contributed by atoms with E-state index in [2.05, 4.69) is 41.5 Å². The van der Waals surface area contributed by atoms with Gasteiger partial charge in [-0.2, -0.15) is 0 Å². The molecule has 2 fully saturated rings. The number of benzene rings is 2. The highest BCUT2D eigenvalue weighted by Crippen LogP contribution is 2.50. The molecule has 0 unspecified atom stereocenters. The number of likely N-dealkylation sites (tertiary alicyclic amines) is 1. The molecule has 4 rings (SSSR count). The van der Waals surface area contributed by atoms with Crippen molar-refractivity contribution in [2.45, 2.75) is 63.1 Å². The molecule has 0 bridgehead atoms. The molecule has 0 spiro atoms. The number of carbonyl (C=O) groups is 1. The van der Waals surface area contributed by atoms with Gasteiger partial charge in [-0.05, 0) is 75.9 Å². The Balaban J connectivity index is 1.52. The number of ether oxygens (including phenoxy) is 2. The third kappa shape index (κ3) is 4.56. The lowest BCUT2D eigenvalue weighted by molar-refractivity contribution is 0.113. The summed E-state index contributed by atoms with van der Waals surface area (Å²) in [5, 5.41) is 5.66. The molecule has 1 saturated carbocycles. The second-order valence-corrected chi connectivity index (χ2v) is 9.52. The predicted molar refractivity (Wildman–Crippen MR) is 128 cm³/mol. The molecule has 1 heterocycles. The Morgan fingerprint density at radius 1 is 1.06 bits per heavy atom. The van der Waals surface area contributed by atoms with Crippen LogP contribution in [0.5, 0.6) is 11.5 Å². The number of anilines is 1. The molecule has 2 amide bonds. The average Bonchev–Trinajstić information content (AvgIpc) is 3.21. The number of amides is 2. The number of hydrogen-bond donors (Lipinski definition) is 2. The van der Waals surface area contributed by atoms with Crippen molar-refractivity contribution in [3.63, 3.8) is 0 Å². The summed E-state index contributed by atoms with van der Waals surface area (Å²) in [5.74, 6) is -0.502. The summed E-state index contributed by atoms with van der Waals surface area (Å²) in [4.78, 5) is 15.1. The molecule has 184 valence electrons. The molecule has 2 N–H and O–H groups in total. The van der Waals surface area contributed by atoms with Crippen molar-refractivity contribution in [2.24, 2.45) is 0 Å². The summed E-state index contributed by atoms with van der Waals surface area (Å²) in [5.41, 5.74) is 1.43. The summed E-state index contributed by atoms with van der Waals surface area (Å²) in [6.45, 7) is 5.40. The Morgan fingerprint density at radius 3 is 2.50 bits per heavy atom. The maximum atomic E-state index is 13.5. The van der Waals surface area contributed by atoms with Gasteiger partial charge >= 0.3 is 6.03 Å². The Bertz CT molecular complexity index is 1050. The molecule has 2 aliphatic rings. The Morgan fingerprint density at radius 2 is 1.82 bits per heavy atom. The fourth-order valence-electron chi connectivity index (χ4n) is 5.74. The van der Waals surface area contributed by atoms with Gasteiger partial charge in [0.15, 0.2) is 23.1 Å². The molecule has 2 aromatic rings. The Labute approximate surface area is 199 Å². The van der Waals surface area contributed by atoms with Gasteiger partial charge in [0.1, 0.15) is 0 Å². The highest BCUT2D eigenvalue weighted by molar-refractivity contribution is 5.89. The van der Waals surface area contributed by atoms with Crippen LogP contribution in [0.3, 0.4) is 0 Å². The zero-order chi connectivity index (χ0) is 24.5. The zero-order valence-electron chi connectivity index (χ0n) is 20.2. The maximum absolute atomic E-state index is 13.5. The van der Waals surface area contributed by atoms with E-state index in [1.54, 1.807) is 14.2 Å². The second-order valence-electron chi connectivity index (χ2n) is 9.52. The van der Waals surface area contributed by atoms with Crippen molar-refractivity contribution < 1.29 is 23.0 Å². The predicted octanol–water partition coefficient (Wildman–Crippen LogP) is 5.08. The van der Waals surface area contributed by atoms with Gasteiger partial charge in [0.2, 0.25) is 0 Å². The minimum absolute atomic E-state index is 0.0251. The first-order chi connectivity index (χ1) is 16.3. The number of nitrogens with one attached hydrogen (secondary N) is 2. The van der Waals surface area contributed by atoms with Crippen LogP contribution in [0.15, 0.2) is 36.4 Å². The summed E-state index contributed by atoms with van der Waals surface area (Å²) < 4.78 is 37.7. The molecule has 1 aliphatic heterocycles. The highest BCUT2D eigenvalue weighted by atomic mass is 19.2. The zero-order valence-corrected chi connectivity index (χ0v) is 20.2.